The minimum atomic E-state index is -2.68. The number of hydrogen-bond acceptors (Lipinski definition) is 5. The summed E-state index contributed by atoms with van der Waals surface area (Å²) < 4.78 is 21.3. The molecular formula is C8H9N2O4P. The van der Waals surface area contributed by atoms with E-state index in [1.54, 1.807) is 0 Å². The molecule has 0 bridgehead atoms. The maximum atomic E-state index is 10.6. The third-order valence-electron chi connectivity index (χ3n) is 1.69. The van der Waals surface area contributed by atoms with Gasteiger partial charge in [-0.2, -0.15) is 0 Å². The number of carboxylic acids is 1. The monoisotopic (exact) mass is 228 g/mol. The van der Waals surface area contributed by atoms with Crippen LogP contribution in [0, 0.1) is 0 Å². The summed E-state index contributed by atoms with van der Waals surface area (Å²) >= 11 is 0. The number of pyridine rings is 1. The first kappa shape index (κ1) is 11.4. The highest BCUT2D eigenvalue weighted by Crippen LogP contribution is 2.08. The van der Waals surface area contributed by atoms with E-state index < -0.39 is 19.7 Å². The predicted molar refractivity (Wildman–Crippen MR) is 52.9 cm³/mol. The SMILES string of the molecule is C[C@H](Nc1cc(P(=O)=O)ccn1)C(=O)O. The molecule has 2 N–H and O–H groups in total. The Morgan fingerprint density at radius 3 is 2.80 bits per heavy atom. The first-order chi connectivity index (χ1) is 7.00. The van der Waals surface area contributed by atoms with Gasteiger partial charge in [-0.15, -0.1) is 0 Å². The van der Waals surface area contributed by atoms with E-state index in [2.05, 4.69) is 10.3 Å². The molecular weight excluding hydrogens is 219 g/mol. The zero-order valence-electron chi connectivity index (χ0n) is 7.88. The highest BCUT2D eigenvalue weighted by Gasteiger charge is 2.11. The van der Waals surface area contributed by atoms with Gasteiger partial charge in [-0.3, -0.25) is 4.79 Å². The number of hydrogen-bond donors (Lipinski definition) is 2. The van der Waals surface area contributed by atoms with Crippen molar-refractivity contribution in [3.63, 3.8) is 0 Å². The number of aromatic nitrogens is 1. The van der Waals surface area contributed by atoms with Crippen LogP contribution >= 0.6 is 7.68 Å². The second kappa shape index (κ2) is 4.70. The summed E-state index contributed by atoms with van der Waals surface area (Å²) in [6.45, 7) is 1.44. The number of carboxylic acid groups (broad SMARTS) is 1. The van der Waals surface area contributed by atoms with Gasteiger partial charge in [-0.1, -0.05) is 0 Å². The molecule has 7 heteroatoms. The topological polar surface area (TPSA) is 96.4 Å². The summed E-state index contributed by atoms with van der Waals surface area (Å²) in [6.07, 6.45) is 1.30. The Bertz CT molecular complexity index is 436. The van der Waals surface area contributed by atoms with Crippen LogP contribution in [0.2, 0.25) is 0 Å². The van der Waals surface area contributed by atoms with Crippen LogP contribution in [-0.2, 0) is 13.9 Å². The number of nitrogens with one attached hydrogen (secondary N) is 1. The van der Waals surface area contributed by atoms with E-state index in [0.717, 1.165) is 0 Å². The molecule has 0 fully saturated rings. The molecule has 1 rings (SSSR count). The van der Waals surface area contributed by atoms with Crippen LogP contribution in [0.5, 0.6) is 0 Å². The first-order valence-electron chi connectivity index (χ1n) is 4.10. The smallest absolute Gasteiger partial charge is 0.348 e. The largest absolute Gasteiger partial charge is 0.480 e. The predicted octanol–water partition coefficient (Wildman–Crippen LogP) is 0.765. The molecule has 0 aromatic carbocycles. The molecule has 0 saturated heterocycles. The summed E-state index contributed by atoms with van der Waals surface area (Å²) in [5.41, 5.74) is 0. The molecule has 6 nitrogen and oxygen atoms in total. The highest BCUT2D eigenvalue weighted by atomic mass is 31.1. The summed E-state index contributed by atoms with van der Waals surface area (Å²) in [4.78, 5) is 14.3. The number of rotatable bonds is 4. The minimum Gasteiger partial charge on any atom is -0.480 e. The van der Waals surface area contributed by atoms with Crippen molar-refractivity contribution in [1.29, 1.82) is 0 Å². The van der Waals surface area contributed by atoms with E-state index in [0.29, 0.717) is 0 Å². The second-order valence-corrected chi connectivity index (χ2v) is 3.89. The quantitative estimate of drug-likeness (QED) is 0.738. The summed E-state index contributed by atoms with van der Waals surface area (Å²) in [5, 5.41) is 11.3. The van der Waals surface area contributed by atoms with Crippen molar-refractivity contribution in [3.8, 4) is 0 Å². The minimum absolute atomic E-state index is 0.0973. The van der Waals surface area contributed by atoms with Gasteiger partial charge >= 0.3 is 13.6 Å². The van der Waals surface area contributed by atoms with E-state index in [9.17, 15) is 13.9 Å². The van der Waals surface area contributed by atoms with Gasteiger partial charge in [0.25, 0.3) is 0 Å². The Labute approximate surface area is 86.2 Å². The lowest BCUT2D eigenvalue weighted by molar-refractivity contribution is -0.137. The lowest BCUT2D eigenvalue weighted by Crippen LogP contribution is -2.26. The van der Waals surface area contributed by atoms with Crippen molar-refractivity contribution in [2.75, 3.05) is 5.32 Å². The molecule has 0 spiro atoms. The van der Waals surface area contributed by atoms with Crippen molar-refractivity contribution >= 4 is 24.8 Å². The van der Waals surface area contributed by atoms with Gasteiger partial charge in [0.2, 0.25) is 0 Å². The summed E-state index contributed by atoms with van der Waals surface area (Å²) in [5.74, 6) is -0.810. The molecule has 15 heavy (non-hydrogen) atoms. The Balaban J connectivity index is 2.87. The van der Waals surface area contributed by atoms with Crippen molar-refractivity contribution in [2.24, 2.45) is 0 Å². The highest BCUT2D eigenvalue weighted by molar-refractivity contribution is 7.40. The molecule has 0 unspecified atom stereocenters. The molecule has 0 amide bonds. The molecule has 0 aliphatic rings. The zero-order chi connectivity index (χ0) is 11.4. The molecule has 1 heterocycles. The van der Waals surface area contributed by atoms with Gasteiger partial charge in [-0.25, -0.2) is 14.1 Å². The average molecular weight is 228 g/mol. The second-order valence-electron chi connectivity index (χ2n) is 2.86. The number of aliphatic carboxylic acids is 1. The fraction of sp³-hybridized carbons (Fsp3) is 0.250. The lowest BCUT2D eigenvalue weighted by Gasteiger charge is -2.09. The lowest BCUT2D eigenvalue weighted by atomic mass is 10.3. The van der Waals surface area contributed by atoms with E-state index >= 15 is 0 Å². The van der Waals surface area contributed by atoms with Crippen molar-refractivity contribution in [3.05, 3.63) is 18.3 Å². The molecule has 1 aromatic heterocycles. The van der Waals surface area contributed by atoms with Gasteiger partial charge in [-0.05, 0) is 19.1 Å². The van der Waals surface area contributed by atoms with Crippen molar-refractivity contribution in [2.45, 2.75) is 13.0 Å². The molecule has 0 aliphatic heterocycles. The molecule has 1 aromatic rings. The maximum Gasteiger partial charge on any atom is 0.348 e. The number of carbonyl (C=O) groups is 1. The van der Waals surface area contributed by atoms with E-state index in [1.165, 1.54) is 25.3 Å². The van der Waals surface area contributed by atoms with Gasteiger partial charge in [0, 0.05) is 6.20 Å². The van der Waals surface area contributed by atoms with Crippen LogP contribution in [-0.4, -0.2) is 22.1 Å². The van der Waals surface area contributed by atoms with Gasteiger partial charge in [0.05, 0.1) is 5.30 Å². The van der Waals surface area contributed by atoms with Gasteiger partial charge in [0.1, 0.15) is 11.9 Å². The van der Waals surface area contributed by atoms with Gasteiger partial charge < -0.3 is 10.4 Å². The Hall–Kier alpha value is -1.68. The van der Waals surface area contributed by atoms with Crippen LogP contribution in [0.25, 0.3) is 0 Å². The van der Waals surface area contributed by atoms with E-state index in [-0.39, 0.29) is 11.1 Å². The summed E-state index contributed by atoms with van der Waals surface area (Å²) in [6, 6.07) is 1.80. The standard InChI is InChI=1S/C8H9N2O4P/c1-5(8(11)12)10-7-4-6(15(13)14)2-3-9-7/h2-5H,1H3,(H,9,10)(H,11,12)/t5-/m0/s1. The van der Waals surface area contributed by atoms with E-state index in [1.807, 2.05) is 0 Å². The van der Waals surface area contributed by atoms with E-state index in [4.69, 9.17) is 5.11 Å². The van der Waals surface area contributed by atoms with Crippen LogP contribution in [0.3, 0.4) is 0 Å². The number of nitrogens with zero attached hydrogens (tertiary/aromatic N) is 1. The fourth-order valence-electron chi connectivity index (χ4n) is 0.895. The van der Waals surface area contributed by atoms with Gasteiger partial charge in [0.15, 0.2) is 0 Å². The molecule has 0 radical (unpaired) electrons. The normalized spacial score (nSPS) is 11.8. The Morgan fingerprint density at radius 2 is 2.27 bits per heavy atom. The average Bonchev–Trinajstić information content (AvgIpc) is 2.18. The Kier molecular flexibility index (Phi) is 3.57. The Morgan fingerprint density at radius 1 is 1.60 bits per heavy atom. The molecule has 1 atom stereocenters. The summed E-state index contributed by atoms with van der Waals surface area (Å²) in [7, 11) is -2.68. The van der Waals surface area contributed by atoms with Crippen LogP contribution in [0.1, 0.15) is 6.92 Å². The zero-order valence-corrected chi connectivity index (χ0v) is 8.77. The molecule has 0 aliphatic carbocycles. The van der Waals surface area contributed by atoms with Crippen molar-refractivity contribution < 1.29 is 19.0 Å². The molecule has 80 valence electrons. The fourth-order valence-corrected chi connectivity index (χ4v) is 1.31. The number of anilines is 1. The first-order valence-corrected chi connectivity index (χ1v) is 5.28. The maximum absolute atomic E-state index is 10.6. The van der Waals surface area contributed by atoms with Crippen molar-refractivity contribution in [1.82, 2.24) is 4.98 Å². The third kappa shape index (κ3) is 3.18. The molecule has 0 saturated carbocycles. The third-order valence-corrected chi connectivity index (χ3v) is 2.39. The van der Waals surface area contributed by atoms with Crippen LogP contribution in [0.15, 0.2) is 18.3 Å². The van der Waals surface area contributed by atoms with Crippen LogP contribution in [0.4, 0.5) is 5.82 Å². The van der Waals surface area contributed by atoms with Crippen LogP contribution < -0.4 is 10.6 Å².